The van der Waals surface area contributed by atoms with Crippen molar-refractivity contribution >= 4 is 12.2 Å². The molecule has 0 bridgehead atoms. The van der Waals surface area contributed by atoms with Crippen LogP contribution in [0.2, 0.25) is 0 Å². The monoisotopic (exact) mass is 168 g/mol. The zero-order valence-corrected chi connectivity index (χ0v) is 6.95. The molecule has 0 saturated heterocycles. The van der Waals surface area contributed by atoms with Crippen molar-refractivity contribution in [1.82, 2.24) is 5.32 Å². The van der Waals surface area contributed by atoms with Gasteiger partial charge in [0.1, 0.15) is 6.04 Å². The first-order valence-electron chi connectivity index (χ1n) is 3.85. The molecule has 0 amide bonds. The van der Waals surface area contributed by atoms with E-state index >= 15 is 0 Å². The number of hydrogen-bond acceptors (Lipinski definition) is 3. The summed E-state index contributed by atoms with van der Waals surface area (Å²) >= 11 is 0. The maximum Gasteiger partial charge on any atom is 0.321 e. The quantitative estimate of drug-likeness (QED) is 0.639. The van der Waals surface area contributed by atoms with Gasteiger partial charge in [0.25, 0.3) is 0 Å². The summed E-state index contributed by atoms with van der Waals surface area (Å²) in [6, 6.07) is -0.522. The Morgan fingerprint density at radius 3 is 3.08 bits per heavy atom. The summed E-state index contributed by atoms with van der Waals surface area (Å²) in [6.45, 7) is 0. The third-order valence-corrected chi connectivity index (χ3v) is 1.78. The zero-order chi connectivity index (χ0) is 8.97. The van der Waals surface area contributed by atoms with Gasteiger partial charge in [-0.3, -0.25) is 9.79 Å². The molecule has 0 aromatic rings. The second-order valence-electron chi connectivity index (χ2n) is 2.63. The average molecular weight is 168 g/mol. The molecule has 2 N–H and O–H groups in total. The zero-order valence-electron chi connectivity index (χ0n) is 6.95. The van der Waals surface area contributed by atoms with Gasteiger partial charge in [-0.2, -0.15) is 0 Å². The van der Waals surface area contributed by atoms with E-state index in [-0.39, 0.29) is 0 Å². The van der Waals surface area contributed by atoms with E-state index in [1.807, 2.05) is 6.08 Å². The number of nitrogens with one attached hydrogen (secondary N) is 1. The van der Waals surface area contributed by atoms with E-state index in [9.17, 15) is 4.79 Å². The lowest BCUT2D eigenvalue weighted by Crippen LogP contribution is -2.33. The fourth-order valence-corrected chi connectivity index (χ4v) is 1.07. The van der Waals surface area contributed by atoms with Crippen LogP contribution in [0, 0.1) is 0 Å². The number of carboxylic acid groups (broad SMARTS) is 1. The number of carbonyl (C=O) groups is 1. The highest BCUT2D eigenvalue weighted by Crippen LogP contribution is 2.12. The largest absolute Gasteiger partial charge is 0.480 e. The summed E-state index contributed by atoms with van der Waals surface area (Å²) in [5, 5.41) is 11.4. The van der Waals surface area contributed by atoms with Crippen molar-refractivity contribution in [2.45, 2.75) is 18.9 Å². The Labute approximate surface area is 71.0 Å². The molecule has 0 aromatic carbocycles. The summed E-state index contributed by atoms with van der Waals surface area (Å²) in [7, 11) is 1.64. The van der Waals surface area contributed by atoms with Crippen molar-refractivity contribution in [3.8, 4) is 0 Å². The minimum atomic E-state index is -0.833. The van der Waals surface area contributed by atoms with E-state index in [2.05, 4.69) is 10.3 Å². The highest BCUT2D eigenvalue weighted by atomic mass is 16.4. The lowest BCUT2D eigenvalue weighted by molar-refractivity contribution is -0.139. The molecule has 66 valence electrons. The van der Waals surface area contributed by atoms with Gasteiger partial charge < -0.3 is 10.4 Å². The molecule has 1 atom stereocenters. The Bertz CT molecular complexity index is 233. The molecule has 1 aliphatic heterocycles. The number of aliphatic carboxylic acids is 1. The molecule has 0 fully saturated rings. The van der Waals surface area contributed by atoms with Crippen molar-refractivity contribution in [3.05, 3.63) is 11.8 Å². The van der Waals surface area contributed by atoms with Gasteiger partial charge in [-0.25, -0.2) is 0 Å². The Kier molecular flexibility index (Phi) is 2.99. The fourth-order valence-electron chi connectivity index (χ4n) is 1.07. The molecule has 4 nitrogen and oxygen atoms in total. The van der Waals surface area contributed by atoms with E-state index in [4.69, 9.17) is 5.11 Å². The lowest BCUT2D eigenvalue weighted by Gasteiger charge is -2.09. The Hall–Kier alpha value is -1.16. The van der Waals surface area contributed by atoms with Gasteiger partial charge >= 0.3 is 5.97 Å². The van der Waals surface area contributed by atoms with E-state index in [0.29, 0.717) is 6.42 Å². The summed E-state index contributed by atoms with van der Waals surface area (Å²) in [4.78, 5) is 14.6. The van der Waals surface area contributed by atoms with E-state index < -0.39 is 12.0 Å². The third-order valence-electron chi connectivity index (χ3n) is 1.78. The van der Waals surface area contributed by atoms with Gasteiger partial charge in [-0.1, -0.05) is 6.08 Å². The van der Waals surface area contributed by atoms with Crippen LogP contribution < -0.4 is 5.32 Å². The molecule has 0 spiro atoms. The highest BCUT2D eigenvalue weighted by molar-refractivity contribution is 5.74. The van der Waals surface area contributed by atoms with E-state index in [0.717, 1.165) is 12.1 Å². The Balaban J connectivity index is 2.47. The molecule has 12 heavy (non-hydrogen) atoms. The molecule has 0 aromatic heterocycles. The number of allylic oxidation sites excluding steroid dienone is 1. The number of rotatable bonds is 4. The maximum atomic E-state index is 10.6. The SMILES string of the molecule is CNC(CC1=CCC=N1)C(=O)O. The summed E-state index contributed by atoms with van der Waals surface area (Å²) < 4.78 is 0. The predicted molar refractivity (Wildman–Crippen MR) is 46.3 cm³/mol. The smallest absolute Gasteiger partial charge is 0.321 e. The minimum absolute atomic E-state index is 0.461. The number of nitrogens with zero attached hydrogens (tertiary/aromatic N) is 1. The normalized spacial score (nSPS) is 17.6. The number of hydrogen-bond donors (Lipinski definition) is 2. The van der Waals surface area contributed by atoms with Crippen LogP contribution in [0.1, 0.15) is 12.8 Å². The van der Waals surface area contributed by atoms with Crippen LogP contribution in [-0.4, -0.2) is 30.4 Å². The van der Waals surface area contributed by atoms with Gasteiger partial charge in [-0.05, 0) is 7.05 Å². The van der Waals surface area contributed by atoms with E-state index in [1.165, 1.54) is 0 Å². The van der Waals surface area contributed by atoms with Crippen molar-refractivity contribution in [3.63, 3.8) is 0 Å². The van der Waals surface area contributed by atoms with Gasteiger partial charge in [0.15, 0.2) is 0 Å². The van der Waals surface area contributed by atoms with Crippen LogP contribution in [0.25, 0.3) is 0 Å². The maximum absolute atomic E-state index is 10.6. The molecule has 1 aliphatic rings. The van der Waals surface area contributed by atoms with Gasteiger partial charge in [-0.15, -0.1) is 0 Å². The van der Waals surface area contributed by atoms with Crippen molar-refractivity contribution in [1.29, 1.82) is 0 Å². The molecule has 4 heteroatoms. The van der Waals surface area contributed by atoms with Crippen LogP contribution in [0.3, 0.4) is 0 Å². The lowest BCUT2D eigenvalue weighted by atomic mass is 10.1. The fraction of sp³-hybridized carbons (Fsp3) is 0.500. The topological polar surface area (TPSA) is 61.7 Å². The second-order valence-corrected chi connectivity index (χ2v) is 2.63. The first-order valence-corrected chi connectivity index (χ1v) is 3.85. The highest BCUT2D eigenvalue weighted by Gasteiger charge is 2.16. The predicted octanol–water partition coefficient (Wildman–Crippen LogP) is 0.407. The third kappa shape index (κ3) is 2.17. The molecule has 0 radical (unpaired) electrons. The van der Waals surface area contributed by atoms with Gasteiger partial charge in [0.2, 0.25) is 0 Å². The van der Waals surface area contributed by atoms with Crippen LogP contribution in [0.4, 0.5) is 0 Å². The Morgan fingerprint density at radius 1 is 1.92 bits per heavy atom. The summed E-state index contributed by atoms with van der Waals surface area (Å²) in [6.07, 6.45) is 5.00. The van der Waals surface area contributed by atoms with Crippen molar-refractivity contribution in [2.24, 2.45) is 4.99 Å². The molecule has 0 aliphatic carbocycles. The first-order chi connectivity index (χ1) is 5.74. The second kappa shape index (κ2) is 4.01. The molecular formula is C8H12N2O2. The summed E-state index contributed by atoms with van der Waals surface area (Å²) in [5.41, 5.74) is 0.858. The van der Waals surface area contributed by atoms with Crippen LogP contribution in [0.15, 0.2) is 16.8 Å². The molecule has 1 unspecified atom stereocenters. The number of aliphatic imine (C=N–C) groups is 1. The Morgan fingerprint density at radius 2 is 2.67 bits per heavy atom. The molecule has 1 rings (SSSR count). The molecule has 0 saturated carbocycles. The molecule has 1 heterocycles. The van der Waals surface area contributed by atoms with Gasteiger partial charge in [0, 0.05) is 24.8 Å². The number of carboxylic acids is 1. The van der Waals surface area contributed by atoms with Crippen LogP contribution in [0.5, 0.6) is 0 Å². The van der Waals surface area contributed by atoms with Crippen LogP contribution >= 0.6 is 0 Å². The standard InChI is InChI=1S/C8H12N2O2/c1-9-7(8(11)12)5-6-3-2-4-10-6/h3-4,7,9H,2,5H2,1H3,(H,11,12). The number of likely N-dealkylation sites (N-methyl/N-ethyl adjacent to an activating group) is 1. The average Bonchev–Trinajstić information content (AvgIpc) is 2.51. The first kappa shape index (κ1) is 8.93. The van der Waals surface area contributed by atoms with Crippen molar-refractivity contribution < 1.29 is 9.90 Å². The van der Waals surface area contributed by atoms with Gasteiger partial charge in [0.05, 0.1) is 0 Å². The van der Waals surface area contributed by atoms with Crippen LogP contribution in [-0.2, 0) is 4.79 Å². The van der Waals surface area contributed by atoms with E-state index in [1.54, 1.807) is 13.3 Å². The molecular weight excluding hydrogens is 156 g/mol. The minimum Gasteiger partial charge on any atom is -0.480 e. The van der Waals surface area contributed by atoms with Crippen molar-refractivity contribution in [2.75, 3.05) is 7.05 Å². The summed E-state index contributed by atoms with van der Waals surface area (Å²) in [5.74, 6) is -0.833.